The van der Waals surface area contributed by atoms with E-state index in [1.807, 2.05) is 44.2 Å². The van der Waals surface area contributed by atoms with Crippen molar-refractivity contribution in [3.05, 3.63) is 57.0 Å². The van der Waals surface area contributed by atoms with Crippen molar-refractivity contribution >= 4 is 37.5 Å². The van der Waals surface area contributed by atoms with Gasteiger partial charge in [-0.15, -0.1) is 0 Å². The first-order valence-corrected chi connectivity index (χ1v) is 8.07. The highest BCUT2D eigenvalue weighted by Crippen LogP contribution is 2.26. The minimum absolute atomic E-state index is 0.206. The standard InChI is InChI=1S/C16H17Br2NO/c1-11(2)20-14-6-3-12(4-7-14)10-19-16-8-5-13(17)9-15(16)18/h3-9,11,19H,10H2,1-2H3. The Hall–Kier alpha value is -1.000. The lowest BCUT2D eigenvalue weighted by Gasteiger charge is -2.11. The largest absolute Gasteiger partial charge is 0.491 e. The van der Waals surface area contributed by atoms with E-state index in [1.54, 1.807) is 0 Å². The van der Waals surface area contributed by atoms with E-state index in [1.165, 1.54) is 5.56 Å². The average molecular weight is 399 g/mol. The van der Waals surface area contributed by atoms with Gasteiger partial charge in [0.05, 0.1) is 6.10 Å². The molecule has 0 aromatic heterocycles. The molecule has 2 aromatic carbocycles. The lowest BCUT2D eigenvalue weighted by atomic mass is 10.2. The molecule has 0 heterocycles. The van der Waals surface area contributed by atoms with Crippen LogP contribution in [0.25, 0.3) is 0 Å². The lowest BCUT2D eigenvalue weighted by molar-refractivity contribution is 0.242. The summed E-state index contributed by atoms with van der Waals surface area (Å²) in [7, 11) is 0. The molecule has 0 atom stereocenters. The summed E-state index contributed by atoms with van der Waals surface area (Å²) in [6.45, 7) is 4.84. The predicted octanol–water partition coefficient (Wildman–Crippen LogP) is 5.61. The molecule has 0 bridgehead atoms. The fraction of sp³-hybridized carbons (Fsp3) is 0.250. The monoisotopic (exact) mass is 397 g/mol. The number of nitrogens with one attached hydrogen (secondary N) is 1. The Morgan fingerprint density at radius 1 is 1.05 bits per heavy atom. The molecular weight excluding hydrogens is 382 g/mol. The first kappa shape index (κ1) is 15.4. The van der Waals surface area contributed by atoms with Crippen LogP contribution in [-0.4, -0.2) is 6.10 Å². The third kappa shape index (κ3) is 4.53. The first-order valence-electron chi connectivity index (χ1n) is 6.49. The van der Waals surface area contributed by atoms with Crippen molar-refractivity contribution in [2.45, 2.75) is 26.5 Å². The summed E-state index contributed by atoms with van der Waals surface area (Å²) in [6, 6.07) is 14.3. The Bertz CT molecular complexity index is 567. The summed E-state index contributed by atoms with van der Waals surface area (Å²) in [5, 5.41) is 3.41. The van der Waals surface area contributed by atoms with Gasteiger partial charge in [0.15, 0.2) is 0 Å². The highest BCUT2D eigenvalue weighted by atomic mass is 79.9. The smallest absolute Gasteiger partial charge is 0.119 e. The maximum absolute atomic E-state index is 5.63. The van der Waals surface area contributed by atoms with Crippen LogP contribution in [0.5, 0.6) is 5.75 Å². The number of anilines is 1. The van der Waals surface area contributed by atoms with E-state index in [4.69, 9.17) is 4.74 Å². The first-order chi connectivity index (χ1) is 9.54. The van der Waals surface area contributed by atoms with E-state index in [2.05, 4.69) is 49.3 Å². The lowest BCUT2D eigenvalue weighted by Crippen LogP contribution is -2.05. The van der Waals surface area contributed by atoms with Crippen LogP contribution in [0.4, 0.5) is 5.69 Å². The molecule has 2 rings (SSSR count). The van der Waals surface area contributed by atoms with Gasteiger partial charge in [-0.05, 0) is 65.7 Å². The summed E-state index contributed by atoms with van der Waals surface area (Å²) in [6.07, 6.45) is 0.206. The number of hydrogen-bond donors (Lipinski definition) is 1. The number of ether oxygens (including phenoxy) is 1. The number of halogens is 2. The van der Waals surface area contributed by atoms with Crippen LogP contribution in [-0.2, 0) is 6.54 Å². The minimum Gasteiger partial charge on any atom is -0.491 e. The van der Waals surface area contributed by atoms with Crippen molar-refractivity contribution < 1.29 is 4.74 Å². The fourth-order valence-corrected chi connectivity index (χ4v) is 2.98. The van der Waals surface area contributed by atoms with E-state index >= 15 is 0 Å². The predicted molar refractivity (Wildman–Crippen MR) is 91.4 cm³/mol. The van der Waals surface area contributed by atoms with E-state index in [0.717, 1.165) is 26.9 Å². The summed E-state index contributed by atoms with van der Waals surface area (Å²) in [4.78, 5) is 0. The highest BCUT2D eigenvalue weighted by molar-refractivity contribution is 9.11. The third-order valence-corrected chi connectivity index (χ3v) is 3.86. The van der Waals surface area contributed by atoms with Crippen molar-refractivity contribution in [2.24, 2.45) is 0 Å². The molecule has 0 saturated carbocycles. The Labute approximate surface area is 136 Å². The van der Waals surface area contributed by atoms with Crippen molar-refractivity contribution in [3.8, 4) is 5.75 Å². The van der Waals surface area contributed by atoms with Gasteiger partial charge in [-0.2, -0.15) is 0 Å². The number of benzene rings is 2. The zero-order valence-corrected chi connectivity index (χ0v) is 14.7. The SMILES string of the molecule is CC(C)Oc1ccc(CNc2ccc(Br)cc2Br)cc1. The summed E-state index contributed by atoms with van der Waals surface area (Å²) >= 11 is 6.99. The molecule has 0 spiro atoms. The molecular formula is C16H17Br2NO. The van der Waals surface area contributed by atoms with Gasteiger partial charge in [0, 0.05) is 21.2 Å². The van der Waals surface area contributed by atoms with Crippen molar-refractivity contribution in [1.82, 2.24) is 0 Å². The molecule has 0 aliphatic carbocycles. The average Bonchev–Trinajstić information content (AvgIpc) is 2.39. The second kappa shape index (κ2) is 7.14. The molecule has 0 amide bonds. The second-order valence-electron chi connectivity index (χ2n) is 4.79. The van der Waals surface area contributed by atoms with Crippen LogP contribution in [0, 0.1) is 0 Å². The number of hydrogen-bond acceptors (Lipinski definition) is 2. The van der Waals surface area contributed by atoms with Gasteiger partial charge in [-0.1, -0.05) is 28.1 Å². The Morgan fingerprint density at radius 3 is 2.35 bits per heavy atom. The Kier molecular flexibility index (Phi) is 5.49. The molecule has 0 unspecified atom stereocenters. The van der Waals surface area contributed by atoms with Gasteiger partial charge in [0.25, 0.3) is 0 Å². The molecule has 4 heteroatoms. The molecule has 20 heavy (non-hydrogen) atoms. The van der Waals surface area contributed by atoms with Gasteiger partial charge in [0.2, 0.25) is 0 Å². The van der Waals surface area contributed by atoms with Gasteiger partial charge >= 0.3 is 0 Å². The topological polar surface area (TPSA) is 21.3 Å². The van der Waals surface area contributed by atoms with Crippen LogP contribution < -0.4 is 10.1 Å². The van der Waals surface area contributed by atoms with E-state index in [0.29, 0.717) is 0 Å². The summed E-state index contributed by atoms with van der Waals surface area (Å²) in [5.74, 6) is 0.911. The summed E-state index contributed by atoms with van der Waals surface area (Å²) in [5.41, 5.74) is 2.30. The van der Waals surface area contributed by atoms with Gasteiger partial charge < -0.3 is 10.1 Å². The van der Waals surface area contributed by atoms with Crippen molar-refractivity contribution in [1.29, 1.82) is 0 Å². The van der Waals surface area contributed by atoms with Crippen LogP contribution in [0.15, 0.2) is 51.4 Å². The normalized spacial score (nSPS) is 10.7. The van der Waals surface area contributed by atoms with E-state index in [9.17, 15) is 0 Å². The maximum atomic E-state index is 5.63. The molecule has 0 saturated heterocycles. The molecule has 106 valence electrons. The van der Waals surface area contributed by atoms with Crippen LogP contribution in [0.1, 0.15) is 19.4 Å². The minimum atomic E-state index is 0.206. The van der Waals surface area contributed by atoms with Crippen molar-refractivity contribution in [2.75, 3.05) is 5.32 Å². The Morgan fingerprint density at radius 2 is 1.75 bits per heavy atom. The van der Waals surface area contributed by atoms with Crippen LogP contribution in [0.3, 0.4) is 0 Å². The van der Waals surface area contributed by atoms with Crippen LogP contribution >= 0.6 is 31.9 Å². The zero-order valence-electron chi connectivity index (χ0n) is 11.5. The molecule has 0 radical (unpaired) electrons. The van der Waals surface area contributed by atoms with E-state index < -0.39 is 0 Å². The zero-order chi connectivity index (χ0) is 14.5. The number of rotatable bonds is 5. The summed E-state index contributed by atoms with van der Waals surface area (Å²) < 4.78 is 7.74. The third-order valence-electron chi connectivity index (χ3n) is 2.71. The van der Waals surface area contributed by atoms with Gasteiger partial charge in [-0.3, -0.25) is 0 Å². The van der Waals surface area contributed by atoms with Gasteiger partial charge in [-0.25, -0.2) is 0 Å². The fourth-order valence-electron chi connectivity index (χ4n) is 1.79. The molecule has 0 aliphatic rings. The second-order valence-corrected chi connectivity index (χ2v) is 6.56. The molecule has 2 nitrogen and oxygen atoms in total. The highest BCUT2D eigenvalue weighted by Gasteiger charge is 2.01. The molecule has 0 aliphatic heterocycles. The molecule has 1 N–H and O–H groups in total. The molecule has 0 fully saturated rings. The Balaban J connectivity index is 1.96. The quantitative estimate of drug-likeness (QED) is 0.706. The van der Waals surface area contributed by atoms with Crippen LogP contribution in [0.2, 0.25) is 0 Å². The molecule has 2 aromatic rings. The maximum Gasteiger partial charge on any atom is 0.119 e. The van der Waals surface area contributed by atoms with Gasteiger partial charge in [0.1, 0.15) is 5.75 Å². The van der Waals surface area contributed by atoms with Crippen molar-refractivity contribution in [3.63, 3.8) is 0 Å². The van der Waals surface area contributed by atoms with E-state index in [-0.39, 0.29) is 6.10 Å².